The normalized spacial score (nSPS) is 19.8. The lowest BCUT2D eigenvalue weighted by atomic mass is 10.0. The van der Waals surface area contributed by atoms with E-state index in [-0.39, 0.29) is 18.9 Å². The minimum absolute atomic E-state index is 0.123. The molecule has 1 heterocycles. The minimum atomic E-state index is -0.191. The monoisotopic (exact) mass is 274 g/mol. The van der Waals surface area contributed by atoms with Crippen LogP contribution in [0.1, 0.15) is 24.8 Å². The van der Waals surface area contributed by atoms with Crippen LogP contribution in [0, 0.1) is 6.92 Å². The van der Waals surface area contributed by atoms with Crippen LogP contribution in [0.4, 0.5) is 10.5 Å². The van der Waals surface area contributed by atoms with E-state index in [0.717, 1.165) is 36.3 Å². The maximum Gasteiger partial charge on any atom is 0.319 e. The Morgan fingerprint density at radius 2 is 2.10 bits per heavy atom. The number of hydrogen-bond acceptors (Lipinski definition) is 3. The van der Waals surface area contributed by atoms with Gasteiger partial charge < -0.3 is 20.1 Å². The predicted molar refractivity (Wildman–Crippen MR) is 76.2 cm³/mol. The van der Waals surface area contributed by atoms with Crippen molar-refractivity contribution >= 4 is 11.7 Å². The molecule has 2 amide bonds. The molecule has 2 aliphatic rings. The van der Waals surface area contributed by atoms with Crippen molar-refractivity contribution in [2.24, 2.45) is 0 Å². The molecule has 0 fully saturated rings. The minimum Gasteiger partial charge on any atom is -0.454 e. The second kappa shape index (κ2) is 5.45. The Hall–Kier alpha value is -2.17. The second-order valence-electron chi connectivity index (χ2n) is 5.08. The molecule has 1 aromatic rings. The van der Waals surface area contributed by atoms with Crippen LogP contribution in [-0.4, -0.2) is 18.9 Å². The number of hydrogen-bond donors (Lipinski definition) is 2. The van der Waals surface area contributed by atoms with Crippen LogP contribution in [0.25, 0.3) is 0 Å². The largest absolute Gasteiger partial charge is 0.454 e. The fraction of sp³-hybridized carbons (Fsp3) is 0.400. The number of amides is 2. The second-order valence-corrected chi connectivity index (χ2v) is 5.08. The number of nitrogens with one attached hydrogen (secondary N) is 2. The number of anilines is 1. The van der Waals surface area contributed by atoms with Crippen LogP contribution < -0.4 is 20.1 Å². The van der Waals surface area contributed by atoms with E-state index in [0.29, 0.717) is 5.75 Å². The van der Waals surface area contributed by atoms with Crippen LogP contribution in [0.15, 0.2) is 24.3 Å². The molecule has 106 valence electrons. The SMILES string of the molecule is Cc1cc2c(cc1NC(=O)NC1C=CCCC1)OCO2. The number of allylic oxidation sites excluding steroid dienone is 1. The average Bonchev–Trinajstić information content (AvgIpc) is 2.87. The van der Waals surface area contributed by atoms with E-state index < -0.39 is 0 Å². The Labute approximate surface area is 118 Å². The summed E-state index contributed by atoms with van der Waals surface area (Å²) in [5.41, 5.74) is 1.69. The topological polar surface area (TPSA) is 59.6 Å². The summed E-state index contributed by atoms with van der Waals surface area (Å²) in [6.07, 6.45) is 7.37. The number of aryl methyl sites for hydroxylation is 1. The summed E-state index contributed by atoms with van der Waals surface area (Å²) in [7, 11) is 0. The number of ether oxygens (including phenoxy) is 2. The quantitative estimate of drug-likeness (QED) is 0.815. The Bertz CT molecular complexity index is 554. The molecule has 5 nitrogen and oxygen atoms in total. The van der Waals surface area contributed by atoms with Crippen LogP contribution >= 0.6 is 0 Å². The highest BCUT2D eigenvalue weighted by molar-refractivity contribution is 5.91. The standard InChI is InChI=1S/C15H18N2O3/c1-10-7-13-14(20-9-19-13)8-12(10)17-15(18)16-11-5-3-2-4-6-11/h3,5,7-8,11H,2,4,6,9H2,1H3,(H2,16,17,18). The molecular formula is C15H18N2O3. The van der Waals surface area contributed by atoms with Crippen molar-refractivity contribution in [1.82, 2.24) is 5.32 Å². The number of urea groups is 1. The summed E-state index contributed by atoms with van der Waals surface area (Å²) in [5, 5.41) is 5.82. The highest BCUT2D eigenvalue weighted by Gasteiger charge is 2.17. The van der Waals surface area contributed by atoms with E-state index in [1.54, 1.807) is 6.07 Å². The number of carbonyl (C=O) groups is 1. The summed E-state index contributed by atoms with van der Waals surface area (Å²) < 4.78 is 10.6. The number of benzene rings is 1. The van der Waals surface area contributed by atoms with Crippen molar-refractivity contribution in [2.75, 3.05) is 12.1 Å². The van der Waals surface area contributed by atoms with Gasteiger partial charge in [0.05, 0.1) is 0 Å². The van der Waals surface area contributed by atoms with Gasteiger partial charge in [-0.1, -0.05) is 12.2 Å². The lowest BCUT2D eigenvalue weighted by Gasteiger charge is -2.19. The van der Waals surface area contributed by atoms with E-state index in [4.69, 9.17) is 9.47 Å². The fourth-order valence-corrected chi connectivity index (χ4v) is 2.44. The van der Waals surface area contributed by atoms with E-state index in [2.05, 4.69) is 22.8 Å². The van der Waals surface area contributed by atoms with Crippen molar-refractivity contribution in [2.45, 2.75) is 32.2 Å². The summed E-state index contributed by atoms with van der Waals surface area (Å²) >= 11 is 0. The van der Waals surface area contributed by atoms with Gasteiger partial charge in [-0.25, -0.2) is 4.79 Å². The number of fused-ring (bicyclic) bond motifs is 1. The first-order valence-corrected chi connectivity index (χ1v) is 6.87. The molecule has 5 heteroatoms. The summed E-state index contributed by atoms with van der Waals surface area (Å²) in [6, 6.07) is 3.61. The smallest absolute Gasteiger partial charge is 0.319 e. The van der Waals surface area contributed by atoms with E-state index >= 15 is 0 Å². The van der Waals surface area contributed by atoms with Gasteiger partial charge in [-0.2, -0.15) is 0 Å². The zero-order valence-electron chi connectivity index (χ0n) is 11.4. The van der Waals surface area contributed by atoms with Crippen molar-refractivity contribution < 1.29 is 14.3 Å². The molecular weight excluding hydrogens is 256 g/mol. The zero-order valence-corrected chi connectivity index (χ0v) is 11.4. The molecule has 0 saturated carbocycles. The highest BCUT2D eigenvalue weighted by atomic mass is 16.7. The fourth-order valence-electron chi connectivity index (χ4n) is 2.44. The molecule has 0 radical (unpaired) electrons. The van der Waals surface area contributed by atoms with E-state index in [1.165, 1.54) is 0 Å². The van der Waals surface area contributed by atoms with Gasteiger partial charge >= 0.3 is 6.03 Å². The van der Waals surface area contributed by atoms with Crippen LogP contribution in [0.5, 0.6) is 11.5 Å². The molecule has 1 aromatic carbocycles. The molecule has 1 unspecified atom stereocenters. The van der Waals surface area contributed by atoms with E-state index in [9.17, 15) is 4.79 Å². The Balaban J connectivity index is 1.66. The molecule has 3 rings (SSSR count). The third-order valence-corrected chi connectivity index (χ3v) is 3.54. The van der Waals surface area contributed by atoms with Gasteiger partial charge in [0.1, 0.15) is 0 Å². The molecule has 1 aliphatic heterocycles. The molecule has 2 N–H and O–H groups in total. The lowest BCUT2D eigenvalue weighted by Crippen LogP contribution is -2.37. The molecule has 0 bridgehead atoms. The first kappa shape index (κ1) is 12.8. The average molecular weight is 274 g/mol. The summed E-state index contributed by atoms with van der Waals surface area (Å²) in [4.78, 5) is 12.0. The maximum absolute atomic E-state index is 12.0. The van der Waals surface area contributed by atoms with Crippen LogP contribution in [0.3, 0.4) is 0 Å². The third-order valence-electron chi connectivity index (χ3n) is 3.54. The molecule has 1 atom stereocenters. The van der Waals surface area contributed by atoms with Crippen molar-refractivity contribution in [3.8, 4) is 11.5 Å². The molecule has 0 spiro atoms. The Kier molecular flexibility index (Phi) is 3.50. The first-order valence-electron chi connectivity index (χ1n) is 6.87. The van der Waals surface area contributed by atoms with Gasteiger partial charge in [0.15, 0.2) is 11.5 Å². The van der Waals surface area contributed by atoms with Gasteiger partial charge in [-0.15, -0.1) is 0 Å². The van der Waals surface area contributed by atoms with Crippen LogP contribution in [-0.2, 0) is 0 Å². The number of rotatable bonds is 2. The van der Waals surface area contributed by atoms with Crippen molar-refractivity contribution in [1.29, 1.82) is 0 Å². The van der Waals surface area contributed by atoms with E-state index in [1.807, 2.05) is 13.0 Å². The molecule has 20 heavy (non-hydrogen) atoms. The first-order chi connectivity index (χ1) is 9.72. The van der Waals surface area contributed by atoms with Gasteiger partial charge in [-0.3, -0.25) is 0 Å². The van der Waals surface area contributed by atoms with Gasteiger partial charge in [-0.05, 0) is 37.8 Å². The summed E-state index contributed by atoms with van der Waals surface area (Å²) in [6.45, 7) is 2.16. The molecule has 1 aliphatic carbocycles. The summed E-state index contributed by atoms with van der Waals surface area (Å²) in [5.74, 6) is 1.40. The Morgan fingerprint density at radius 3 is 2.85 bits per heavy atom. The highest BCUT2D eigenvalue weighted by Crippen LogP contribution is 2.36. The maximum atomic E-state index is 12.0. The predicted octanol–water partition coefficient (Wildman–Crippen LogP) is 2.95. The Morgan fingerprint density at radius 1 is 1.30 bits per heavy atom. The van der Waals surface area contributed by atoms with Gasteiger partial charge in [0.2, 0.25) is 6.79 Å². The third kappa shape index (κ3) is 2.71. The van der Waals surface area contributed by atoms with Crippen molar-refractivity contribution in [3.05, 3.63) is 29.8 Å². The number of carbonyl (C=O) groups excluding carboxylic acids is 1. The van der Waals surface area contributed by atoms with Gasteiger partial charge in [0.25, 0.3) is 0 Å². The zero-order chi connectivity index (χ0) is 13.9. The van der Waals surface area contributed by atoms with Crippen molar-refractivity contribution in [3.63, 3.8) is 0 Å². The van der Waals surface area contributed by atoms with Gasteiger partial charge in [0, 0.05) is 17.8 Å². The lowest BCUT2D eigenvalue weighted by molar-refractivity contribution is 0.174. The molecule has 0 aromatic heterocycles. The van der Waals surface area contributed by atoms with Crippen LogP contribution in [0.2, 0.25) is 0 Å². The molecule has 0 saturated heterocycles.